The molecule has 1 aromatic heterocycles. The highest BCUT2D eigenvalue weighted by molar-refractivity contribution is 6.09. The molecule has 1 aromatic rings. The Bertz CT molecular complexity index is 787. The minimum absolute atomic E-state index is 0.0779. The van der Waals surface area contributed by atoms with Crippen LogP contribution in [0.4, 0.5) is 0 Å². The van der Waals surface area contributed by atoms with Gasteiger partial charge >= 0.3 is 5.63 Å². The molecule has 0 bridgehead atoms. The van der Waals surface area contributed by atoms with Crippen LogP contribution in [-0.2, 0) is 0 Å². The van der Waals surface area contributed by atoms with Gasteiger partial charge < -0.3 is 15.3 Å². The quantitative estimate of drug-likeness (QED) is 0.190. The molecule has 1 heterocycles. The van der Waals surface area contributed by atoms with E-state index in [2.05, 4.69) is 6.92 Å². The van der Waals surface area contributed by atoms with E-state index in [0.717, 1.165) is 19.3 Å². The number of hydrogen-bond acceptors (Lipinski definition) is 5. The van der Waals surface area contributed by atoms with E-state index in [-0.39, 0.29) is 17.2 Å². The third kappa shape index (κ3) is 8.55. The Morgan fingerprint density at radius 2 is 1.93 bits per heavy atom. The highest BCUT2D eigenvalue weighted by Gasteiger charge is 2.21. The average Bonchev–Trinajstić information content (AvgIpc) is 2.69. The molecule has 0 aliphatic heterocycles. The van der Waals surface area contributed by atoms with E-state index in [0.29, 0.717) is 17.8 Å². The molecule has 160 valence electrons. The van der Waals surface area contributed by atoms with Crippen LogP contribution in [0.15, 0.2) is 51.4 Å². The molecule has 0 aliphatic rings. The van der Waals surface area contributed by atoms with Crippen molar-refractivity contribution in [1.29, 1.82) is 0 Å². The van der Waals surface area contributed by atoms with Crippen molar-refractivity contribution in [2.45, 2.75) is 78.1 Å². The van der Waals surface area contributed by atoms with Crippen LogP contribution >= 0.6 is 0 Å². The summed E-state index contributed by atoms with van der Waals surface area (Å²) in [6, 6.07) is 1.37. The fourth-order valence-electron chi connectivity index (χ4n) is 2.98. The maximum absolute atomic E-state index is 12.6. The van der Waals surface area contributed by atoms with Gasteiger partial charge in [-0.2, -0.15) is 0 Å². The third-order valence-corrected chi connectivity index (χ3v) is 4.88. The van der Waals surface area contributed by atoms with Gasteiger partial charge in [0.05, 0.1) is 0 Å². The lowest BCUT2D eigenvalue weighted by molar-refractivity contribution is 0.102. The Balaban J connectivity index is 2.76. The van der Waals surface area contributed by atoms with E-state index in [1.165, 1.54) is 37.9 Å². The summed E-state index contributed by atoms with van der Waals surface area (Å²) in [6.45, 7) is 5.71. The first-order valence-corrected chi connectivity index (χ1v) is 10.5. The van der Waals surface area contributed by atoms with Crippen LogP contribution in [0.3, 0.4) is 0 Å². The molecule has 3 N–H and O–H groups in total. The first-order chi connectivity index (χ1) is 13.9. The summed E-state index contributed by atoms with van der Waals surface area (Å²) in [5.41, 5.74) is 4.57. The molecule has 1 unspecified atom stereocenters. The number of carbonyl (C=O) groups is 1. The van der Waals surface area contributed by atoms with Gasteiger partial charge in [-0.1, -0.05) is 63.8 Å². The molecule has 0 saturated carbocycles. The fraction of sp³-hybridized carbons (Fsp3) is 0.500. The number of nitrogens with two attached hydrogens (primary N) is 1. The maximum Gasteiger partial charge on any atom is 0.351 e. The van der Waals surface area contributed by atoms with Gasteiger partial charge in [0, 0.05) is 12.0 Å². The van der Waals surface area contributed by atoms with E-state index in [4.69, 9.17) is 10.2 Å². The van der Waals surface area contributed by atoms with Crippen molar-refractivity contribution in [3.63, 3.8) is 0 Å². The monoisotopic (exact) mass is 401 g/mol. The SMILES string of the molecule is CCCCCCC/C=C/C=C(\C)C(=O)c1c(O)cc(C(C)CC/C=C/N)oc1=O. The molecule has 5 nitrogen and oxygen atoms in total. The van der Waals surface area contributed by atoms with Crippen molar-refractivity contribution in [3.05, 3.63) is 63.9 Å². The second-order valence-corrected chi connectivity index (χ2v) is 7.41. The molecule has 1 atom stereocenters. The van der Waals surface area contributed by atoms with Crippen molar-refractivity contribution in [2.24, 2.45) is 5.73 Å². The largest absolute Gasteiger partial charge is 0.507 e. The van der Waals surface area contributed by atoms with Gasteiger partial charge in [-0.05, 0) is 44.4 Å². The highest BCUT2D eigenvalue weighted by atomic mass is 16.4. The number of carbonyl (C=O) groups excluding carboxylic acids is 1. The number of Topliss-reactive ketones (excluding diaryl/α,β-unsaturated/α-hetero) is 1. The van der Waals surface area contributed by atoms with Crippen LogP contribution in [0, 0.1) is 0 Å². The van der Waals surface area contributed by atoms with Crippen molar-refractivity contribution in [3.8, 4) is 5.75 Å². The summed E-state index contributed by atoms with van der Waals surface area (Å²) in [5.74, 6) is -0.575. The van der Waals surface area contributed by atoms with Crippen LogP contribution in [0.5, 0.6) is 5.75 Å². The van der Waals surface area contributed by atoms with Crippen LogP contribution in [-0.4, -0.2) is 10.9 Å². The second-order valence-electron chi connectivity index (χ2n) is 7.41. The molecular formula is C24H35NO4. The van der Waals surface area contributed by atoms with Gasteiger partial charge in [0.2, 0.25) is 0 Å². The summed E-state index contributed by atoms with van der Waals surface area (Å²) in [5, 5.41) is 10.3. The molecule has 0 radical (unpaired) electrons. The van der Waals surface area contributed by atoms with Crippen LogP contribution in [0.1, 0.15) is 94.2 Å². The topological polar surface area (TPSA) is 93.5 Å². The Kier molecular flexibility index (Phi) is 11.5. The molecular weight excluding hydrogens is 366 g/mol. The van der Waals surface area contributed by atoms with Gasteiger partial charge in [0.25, 0.3) is 0 Å². The fourth-order valence-corrected chi connectivity index (χ4v) is 2.98. The molecule has 0 saturated heterocycles. The first-order valence-electron chi connectivity index (χ1n) is 10.5. The number of rotatable bonds is 13. The number of aromatic hydroxyl groups is 1. The Hall–Kier alpha value is -2.56. The third-order valence-electron chi connectivity index (χ3n) is 4.88. The first kappa shape index (κ1) is 24.5. The summed E-state index contributed by atoms with van der Waals surface area (Å²) in [7, 11) is 0. The second kappa shape index (κ2) is 13.6. The minimum atomic E-state index is -0.807. The molecule has 29 heavy (non-hydrogen) atoms. The Labute approximate surface area is 174 Å². The van der Waals surface area contributed by atoms with Gasteiger partial charge in [0.1, 0.15) is 17.1 Å². The van der Waals surface area contributed by atoms with Crippen molar-refractivity contribution in [1.82, 2.24) is 0 Å². The molecule has 0 amide bonds. The van der Waals surface area contributed by atoms with Crippen molar-refractivity contribution in [2.75, 3.05) is 0 Å². The molecule has 0 aliphatic carbocycles. The smallest absolute Gasteiger partial charge is 0.351 e. The van der Waals surface area contributed by atoms with Crippen LogP contribution < -0.4 is 11.4 Å². The van der Waals surface area contributed by atoms with Crippen molar-refractivity contribution < 1.29 is 14.3 Å². The van der Waals surface area contributed by atoms with Crippen LogP contribution in [0.2, 0.25) is 0 Å². The van der Waals surface area contributed by atoms with Gasteiger partial charge in [-0.15, -0.1) is 0 Å². The Morgan fingerprint density at radius 3 is 2.59 bits per heavy atom. The van der Waals surface area contributed by atoms with E-state index < -0.39 is 11.4 Å². The molecule has 0 fully saturated rings. The zero-order valence-electron chi connectivity index (χ0n) is 17.9. The molecule has 0 spiro atoms. The highest BCUT2D eigenvalue weighted by Crippen LogP contribution is 2.25. The minimum Gasteiger partial charge on any atom is -0.507 e. The van der Waals surface area contributed by atoms with Gasteiger partial charge in [-0.25, -0.2) is 4.79 Å². The van der Waals surface area contributed by atoms with Gasteiger partial charge in [-0.3, -0.25) is 4.79 Å². The maximum atomic E-state index is 12.6. The summed E-state index contributed by atoms with van der Waals surface area (Å²) >= 11 is 0. The van der Waals surface area contributed by atoms with E-state index >= 15 is 0 Å². The summed E-state index contributed by atoms with van der Waals surface area (Å²) in [6.07, 6.45) is 17.3. The molecule has 1 rings (SSSR count). The number of allylic oxidation sites excluding steroid dienone is 5. The van der Waals surface area contributed by atoms with E-state index in [1.807, 2.05) is 25.2 Å². The number of ketones is 1. The number of unbranched alkanes of at least 4 members (excludes halogenated alkanes) is 5. The van der Waals surface area contributed by atoms with Crippen LogP contribution in [0.25, 0.3) is 0 Å². The Morgan fingerprint density at radius 1 is 1.21 bits per heavy atom. The van der Waals surface area contributed by atoms with E-state index in [1.54, 1.807) is 13.0 Å². The van der Waals surface area contributed by atoms with Gasteiger partial charge in [0.15, 0.2) is 5.78 Å². The standard InChI is InChI=1S/C24H35NO4/c1-4-5-6-7-8-9-10-11-15-19(3)23(27)22-20(26)17-21(29-24(22)28)18(2)14-12-13-16-25/h10-11,13,15-18,26H,4-9,12,14,25H2,1-3H3/b11-10+,16-13+,19-15+. The molecule has 0 aromatic carbocycles. The normalized spacial score (nSPS) is 13.4. The van der Waals surface area contributed by atoms with E-state index in [9.17, 15) is 14.7 Å². The predicted octanol–water partition coefficient (Wildman–Crippen LogP) is 5.75. The molecule has 5 heteroatoms. The zero-order chi connectivity index (χ0) is 21.6. The lowest BCUT2D eigenvalue weighted by Crippen LogP contribution is -2.16. The zero-order valence-corrected chi connectivity index (χ0v) is 17.9. The lowest BCUT2D eigenvalue weighted by atomic mass is 10.00. The summed E-state index contributed by atoms with van der Waals surface area (Å²) in [4.78, 5) is 24.9. The van der Waals surface area contributed by atoms with Crippen molar-refractivity contribution >= 4 is 5.78 Å². The lowest BCUT2D eigenvalue weighted by Gasteiger charge is -2.10. The predicted molar refractivity (Wildman–Crippen MR) is 118 cm³/mol. The number of hydrogen-bond donors (Lipinski definition) is 2. The average molecular weight is 402 g/mol. The summed E-state index contributed by atoms with van der Waals surface area (Å²) < 4.78 is 5.31.